The lowest BCUT2D eigenvalue weighted by molar-refractivity contribution is -0.138. The van der Waals surface area contributed by atoms with Crippen molar-refractivity contribution in [1.29, 1.82) is 0 Å². The van der Waals surface area contributed by atoms with Crippen LogP contribution in [0.15, 0.2) is 58.1 Å². The summed E-state index contributed by atoms with van der Waals surface area (Å²) in [7, 11) is 7.44. The van der Waals surface area contributed by atoms with Gasteiger partial charge in [0.2, 0.25) is 5.91 Å². The van der Waals surface area contributed by atoms with Gasteiger partial charge in [-0.05, 0) is 60.4 Å². The molecule has 16 heteroatoms. The van der Waals surface area contributed by atoms with Gasteiger partial charge in [0.1, 0.15) is 5.75 Å². The van der Waals surface area contributed by atoms with Crippen LogP contribution in [0.3, 0.4) is 0 Å². The van der Waals surface area contributed by atoms with Crippen LogP contribution in [-0.4, -0.2) is 114 Å². The van der Waals surface area contributed by atoms with Gasteiger partial charge >= 0.3 is 11.9 Å². The fraction of sp³-hybridized carbons (Fsp3) is 0.370. The summed E-state index contributed by atoms with van der Waals surface area (Å²) < 4.78 is 9.89. The van der Waals surface area contributed by atoms with Gasteiger partial charge in [0.25, 0.3) is 11.1 Å². The average Bonchev–Trinajstić information content (AvgIpc) is 3.69. The molecule has 6 heterocycles. The minimum absolute atomic E-state index is 0.0316. The number of aromatic carboxylic acids is 1. The molecule has 0 unspecified atom stereocenters. The third kappa shape index (κ3) is 7.37. The van der Waals surface area contributed by atoms with Crippen molar-refractivity contribution in [3.05, 3.63) is 103 Å². The molecule has 2 saturated heterocycles. The number of H-pyrrole nitrogens is 2. The van der Waals surface area contributed by atoms with Crippen molar-refractivity contribution in [2.24, 2.45) is 25.9 Å². The van der Waals surface area contributed by atoms with Crippen LogP contribution in [0.1, 0.15) is 57.1 Å². The Hall–Kier alpha value is -6.49. The highest BCUT2D eigenvalue weighted by Gasteiger charge is 2.34. The van der Waals surface area contributed by atoms with Gasteiger partial charge < -0.3 is 44.1 Å². The Morgan fingerprint density at radius 1 is 0.758 bits per heavy atom. The number of likely N-dealkylation sites (tertiary alicyclic amines) is 2. The molecule has 5 N–H and O–H groups in total. The number of hydrogen-bond acceptors (Lipinski definition) is 10. The Morgan fingerprint density at radius 3 is 1.74 bits per heavy atom. The number of nitrogens with zero attached hydrogens (tertiary/aromatic N) is 5. The number of carboxylic acid groups (broad SMARTS) is 1. The number of aliphatic hydroxyl groups excluding tert-OH is 1. The maximum Gasteiger partial charge on any atom is 0.353 e. The Bertz CT molecular complexity index is 2910. The van der Waals surface area contributed by atoms with Crippen molar-refractivity contribution in [2.45, 2.75) is 39.8 Å². The number of amides is 1. The van der Waals surface area contributed by atoms with Crippen molar-refractivity contribution in [2.75, 3.05) is 46.9 Å². The molecule has 2 aliphatic heterocycles. The van der Waals surface area contributed by atoms with Crippen molar-refractivity contribution in [3.63, 3.8) is 0 Å². The molecule has 4 aromatic heterocycles. The molecule has 0 radical (unpaired) electrons. The number of rotatable bonds is 13. The predicted molar refractivity (Wildman–Crippen MR) is 234 cm³/mol. The normalized spacial score (nSPS) is 15.0. The second-order valence-electron chi connectivity index (χ2n) is 16.7. The van der Waals surface area contributed by atoms with Crippen LogP contribution in [0.25, 0.3) is 44.3 Å². The SMILES string of the molecule is CCc1c(-c2ccc3c(c2)cc(CN2CC(CO)C2)n3C)[nH]c(=O)c(C(=O)Oc2c(CC)c(-c3ccc4c(c3)cc(CN3CC(C(=O)N(C)C)C3)n4C)[nH]c(=O)c2C(=O)O)c1O. The summed E-state index contributed by atoms with van der Waals surface area (Å²) in [4.78, 5) is 77.8. The number of aliphatic hydroxyl groups is 1. The van der Waals surface area contributed by atoms with Crippen LogP contribution in [0.2, 0.25) is 0 Å². The highest BCUT2D eigenvalue weighted by molar-refractivity contribution is 5.99. The van der Waals surface area contributed by atoms with E-state index >= 15 is 0 Å². The molecular formula is C46H51N7O9. The minimum Gasteiger partial charge on any atom is -0.506 e. The standard InChI is InChI=1S/C46H51N7O9/c1-7-32-38(25-9-11-34-27(13-25)15-30(50(34)5)21-52-17-24(18-52)23-54)47-42(56)36(40(32)55)46(61)62-41-33(8-2)39(48-43(57)37(41)45(59)60)26-10-12-35-28(14-26)16-31(51(35)6)22-53-19-29(20-53)44(58)49(3)4/h9-16,24,29,54H,7-8,17-23H2,1-6H3,(H,48,57)(H,59,60)(H2,47,55,56). The molecule has 2 aromatic carbocycles. The van der Waals surface area contributed by atoms with E-state index in [1.807, 2.05) is 50.5 Å². The van der Waals surface area contributed by atoms with Gasteiger partial charge in [0.05, 0.1) is 17.3 Å². The first-order valence-corrected chi connectivity index (χ1v) is 20.8. The van der Waals surface area contributed by atoms with E-state index in [1.54, 1.807) is 38.9 Å². The number of aromatic nitrogens is 4. The Labute approximate surface area is 356 Å². The van der Waals surface area contributed by atoms with Crippen molar-refractivity contribution < 1.29 is 34.4 Å². The van der Waals surface area contributed by atoms with Gasteiger partial charge in [-0.25, -0.2) is 9.59 Å². The quantitative estimate of drug-likeness (QED) is 0.105. The van der Waals surface area contributed by atoms with Gasteiger partial charge in [-0.3, -0.25) is 24.2 Å². The minimum atomic E-state index is -1.64. The first-order chi connectivity index (χ1) is 29.6. The second-order valence-corrected chi connectivity index (χ2v) is 16.7. The maximum atomic E-state index is 14.0. The fourth-order valence-electron chi connectivity index (χ4n) is 9.09. The third-order valence-electron chi connectivity index (χ3n) is 12.5. The number of esters is 1. The second kappa shape index (κ2) is 16.4. The lowest BCUT2D eigenvalue weighted by Gasteiger charge is -2.39. The van der Waals surface area contributed by atoms with E-state index in [2.05, 4.69) is 35.0 Å². The van der Waals surface area contributed by atoms with Crippen LogP contribution in [-0.2, 0) is 44.8 Å². The van der Waals surface area contributed by atoms with Crippen molar-refractivity contribution in [1.82, 2.24) is 33.8 Å². The number of carbonyl (C=O) groups is 3. The molecule has 62 heavy (non-hydrogen) atoms. The first-order valence-electron chi connectivity index (χ1n) is 20.8. The Balaban J connectivity index is 1.10. The molecule has 0 bridgehead atoms. The van der Waals surface area contributed by atoms with Crippen LogP contribution in [0.5, 0.6) is 11.5 Å². The molecule has 2 fully saturated rings. The number of carboxylic acids is 1. The number of benzene rings is 2. The van der Waals surface area contributed by atoms with E-state index in [4.69, 9.17) is 4.74 Å². The highest BCUT2D eigenvalue weighted by Crippen LogP contribution is 2.37. The molecule has 8 rings (SSSR count). The lowest BCUT2D eigenvalue weighted by atomic mass is 9.98. The summed E-state index contributed by atoms with van der Waals surface area (Å²) in [5.74, 6) is -3.72. The monoisotopic (exact) mass is 845 g/mol. The third-order valence-corrected chi connectivity index (χ3v) is 12.5. The number of fused-ring (bicyclic) bond motifs is 2. The number of aromatic amines is 2. The van der Waals surface area contributed by atoms with E-state index in [-0.39, 0.29) is 54.0 Å². The van der Waals surface area contributed by atoms with E-state index in [0.29, 0.717) is 36.5 Å². The molecule has 6 aromatic rings. The molecule has 0 aliphatic carbocycles. The number of carbonyl (C=O) groups excluding carboxylic acids is 2. The summed E-state index contributed by atoms with van der Waals surface area (Å²) in [6.07, 6.45) is 0.340. The zero-order valence-corrected chi connectivity index (χ0v) is 35.7. The van der Waals surface area contributed by atoms with E-state index < -0.39 is 45.7 Å². The Kier molecular flexibility index (Phi) is 11.2. The molecule has 0 atom stereocenters. The maximum absolute atomic E-state index is 14.0. The number of pyridine rings is 2. The lowest BCUT2D eigenvalue weighted by Crippen LogP contribution is -2.52. The van der Waals surface area contributed by atoms with E-state index in [1.165, 1.54) is 0 Å². The van der Waals surface area contributed by atoms with Crippen molar-refractivity contribution >= 4 is 39.7 Å². The summed E-state index contributed by atoms with van der Waals surface area (Å²) in [6, 6.07) is 15.3. The topological polar surface area (TPSA) is 206 Å². The predicted octanol–water partition coefficient (Wildman–Crippen LogP) is 4.07. The van der Waals surface area contributed by atoms with Gasteiger partial charge in [0.15, 0.2) is 16.9 Å². The number of nitrogens with one attached hydrogen (secondary N) is 2. The first kappa shape index (κ1) is 42.2. The summed E-state index contributed by atoms with van der Waals surface area (Å²) in [6.45, 7) is 7.98. The largest absolute Gasteiger partial charge is 0.506 e. The zero-order valence-electron chi connectivity index (χ0n) is 35.7. The van der Waals surface area contributed by atoms with E-state index in [0.717, 1.165) is 52.8 Å². The number of ether oxygens (including phenoxy) is 1. The van der Waals surface area contributed by atoms with E-state index in [9.17, 15) is 39.3 Å². The molecule has 1 amide bonds. The number of aromatic hydroxyl groups is 1. The highest BCUT2D eigenvalue weighted by atomic mass is 16.5. The summed E-state index contributed by atoms with van der Waals surface area (Å²) in [5.41, 5.74) is 2.67. The average molecular weight is 846 g/mol. The molecule has 324 valence electrons. The molecule has 16 nitrogen and oxygen atoms in total. The van der Waals surface area contributed by atoms with Crippen LogP contribution in [0, 0.1) is 11.8 Å². The summed E-state index contributed by atoms with van der Waals surface area (Å²) >= 11 is 0. The Morgan fingerprint density at radius 2 is 1.26 bits per heavy atom. The number of hydrogen-bond donors (Lipinski definition) is 5. The van der Waals surface area contributed by atoms with Gasteiger partial charge in [-0.15, -0.1) is 0 Å². The molecule has 0 saturated carbocycles. The zero-order chi connectivity index (χ0) is 44.3. The fourth-order valence-corrected chi connectivity index (χ4v) is 9.09. The molecular weight excluding hydrogens is 795 g/mol. The van der Waals surface area contributed by atoms with Gasteiger partial charge in [-0.2, -0.15) is 0 Å². The summed E-state index contributed by atoms with van der Waals surface area (Å²) in [5, 5.41) is 33.0. The van der Waals surface area contributed by atoms with Gasteiger partial charge in [-0.1, -0.05) is 26.0 Å². The molecule has 2 aliphatic rings. The van der Waals surface area contributed by atoms with Crippen molar-refractivity contribution in [3.8, 4) is 34.0 Å². The van der Waals surface area contributed by atoms with Crippen LogP contribution < -0.4 is 15.9 Å². The smallest absolute Gasteiger partial charge is 0.353 e. The van der Waals surface area contributed by atoms with Crippen LogP contribution in [0.4, 0.5) is 0 Å². The van der Waals surface area contributed by atoms with Gasteiger partial charge in [0, 0.05) is 124 Å². The van der Waals surface area contributed by atoms with Crippen LogP contribution >= 0.6 is 0 Å². The number of aryl methyl sites for hydroxylation is 2. The molecule has 0 spiro atoms.